The van der Waals surface area contributed by atoms with Gasteiger partial charge in [0.05, 0.1) is 0 Å². The molecule has 0 aliphatic carbocycles. The van der Waals surface area contributed by atoms with Gasteiger partial charge in [0, 0.05) is 13.5 Å². The van der Waals surface area contributed by atoms with E-state index in [1.54, 1.807) is 7.11 Å². The van der Waals surface area contributed by atoms with Gasteiger partial charge in [-0.1, -0.05) is 36.8 Å². The Bertz CT molecular complexity index is 314. The molecule has 0 N–H and O–H groups in total. The summed E-state index contributed by atoms with van der Waals surface area (Å²) in [7, 11) is 1.58. The van der Waals surface area contributed by atoms with Crippen molar-refractivity contribution in [1.82, 2.24) is 0 Å². The zero-order valence-corrected chi connectivity index (χ0v) is 9.62. The van der Waals surface area contributed by atoms with E-state index in [1.807, 2.05) is 38.1 Å². The van der Waals surface area contributed by atoms with Gasteiger partial charge >= 0.3 is 0 Å². The number of hydrogen-bond donors (Lipinski definition) is 0. The van der Waals surface area contributed by atoms with E-state index in [4.69, 9.17) is 4.74 Å². The van der Waals surface area contributed by atoms with Crippen molar-refractivity contribution >= 4 is 5.78 Å². The van der Waals surface area contributed by atoms with Crippen molar-refractivity contribution < 1.29 is 9.53 Å². The highest BCUT2D eigenvalue weighted by molar-refractivity contribution is 5.84. The molecule has 1 atom stereocenters. The fraction of sp³-hybridized carbons (Fsp3) is 0.462. The summed E-state index contributed by atoms with van der Waals surface area (Å²) in [6.45, 7) is 4.03. The lowest BCUT2D eigenvalue weighted by molar-refractivity contribution is -0.129. The average Bonchev–Trinajstić information content (AvgIpc) is 2.22. The van der Waals surface area contributed by atoms with E-state index < -0.39 is 6.10 Å². The summed E-state index contributed by atoms with van der Waals surface area (Å²) in [5.41, 5.74) is 2.14. The molecule has 82 valence electrons. The largest absolute Gasteiger partial charge is 0.369 e. The topological polar surface area (TPSA) is 26.3 Å². The SMILES string of the molecule is CCCC(=O)C(OC)c1ccc(C)cc1. The summed E-state index contributed by atoms with van der Waals surface area (Å²) in [5, 5.41) is 0. The van der Waals surface area contributed by atoms with Crippen LogP contribution >= 0.6 is 0 Å². The lowest BCUT2D eigenvalue weighted by Gasteiger charge is -2.14. The predicted molar refractivity (Wildman–Crippen MR) is 60.8 cm³/mol. The Morgan fingerprint density at radius 3 is 2.40 bits per heavy atom. The molecule has 0 fully saturated rings. The van der Waals surface area contributed by atoms with Crippen molar-refractivity contribution in [3.63, 3.8) is 0 Å². The van der Waals surface area contributed by atoms with E-state index in [-0.39, 0.29) is 5.78 Å². The summed E-state index contributed by atoms with van der Waals surface area (Å²) >= 11 is 0. The first kappa shape index (κ1) is 11.9. The van der Waals surface area contributed by atoms with Gasteiger partial charge in [0.2, 0.25) is 0 Å². The van der Waals surface area contributed by atoms with Crippen LogP contribution in [-0.2, 0) is 9.53 Å². The van der Waals surface area contributed by atoms with Gasteiger partial charge in [-0.15, -0.1) is 0 Å². The highest BCUT2D eigenvalue weighted by Gasteiger charge is 2.18. The number of carbonyl (C=O) groups is 1. The Balaban J connectivity index is 2.82. The fourth-order valence-electron chi connectivity index (χ4n) is 1.57. The first-order valence-electron chi connectivity index (χ1n) is 5.31. The van der Waals surface area contributed by atoms with Gasteiger partial charge in [-0.3, -0.25) is 4.79 Å². The third-order valence-corrected chi connectivity index (χ3v) is 2.40. The molecule has 1 aromatic carbocycles. The zero-order chi connectivity index (χ0) is 11.3. The van der Waals surface area contributed by atoms with Crippen LogP contribution < -0.4 is 0 Å². The second kappa shape index (κ2) is 5.66. The highest BCUT2D eigenvalue weighted by atomic mass is 16.5. The number of aryl methyl sites for hydroxylation is 1. The minimum atomic E-state index is -0.398. The highest BCUT2D eigenvalue weighted by Crippen LogP contribution is 2.20. The van der Waals surface area contributed by atoms with Gasteiger partial charge in [0.25, 0.3) is 0 Å². The molecule has 2 heteroatoms. The molecule has 0 aromatic heterocycles. The molecule has 1 rings (SSSR count). The molecule has 1 unspecified atom stereocenters. The summed E-state index contributed by atoms with van der Waals surface area (Å²) in [5.74, 6) is 0.156. The number of hydrogen-bond acceptors (Lipinski definition) is 2. The molecule has 0 radical (unpaired) electrons. The minimum Gasteiger partial charge on any atom is -0.369 e. The van der Waals surface area contributed by atoms with Gasteiger partial charge < -0.3 is 4.74 Å². The number of methoxy groups -OCH3 is 1. The molecule has 0 aliphatic rings. The van der Waals surface area contributed by atoms with Crippen molar-refractivity contribution in [2.45, 2.75) is 32.8 Å². The Kier molecular flexibility index (Phi) is 4.50. The monoisotopic (exact) mass is 206 g/mol. The van der Waals surface area contributed by atoms with Crippen LogP contribution in [0.3, 0.4) is 0 Å². The van der Waals surface area contributed by atoms with E-state index in [1.165, 1.54) is 5.56 Å². The smallest absolute Gasteiger partial charge is 0.166 e. The number of ether oxygens (including phenoxy) is 1. The number of rotatable bonds is 5. The van der Waals surface area contributed by atoms with E-state index >= 15 is 0 Å². The summed E-state index contributed by atoms with van der Waals surface area (Å²) in [6.07, 6.45) is 1.04. The summed E-state index contributed by atoms with van der Waals surface area (Å²) in [4.78, 5) is 11.7. The molecule has 0 amide bonds. The van der Waals surface area contributed by atoms with Crippen LogP contribution in [0, 0.1) is 6.92 Å². The Hall–Kier alpha value is -1.15. The summed E-state index contributed by atoms with van der Waals surface area (Å²) < 4.78 is 5.24. The second-order valence-corrected chi connectivity index (χ2v) is 3.74. The van der Waals surface area contributed by atoms with Crippen molar-refractivity contribution in [2.75, 3.05) is 7.11 Å². The van der Waals surface area contributed by atoms with Crippen molar-refractivity contribution in [1.29, 1.82) is 0 Å². The quantitative estimate of drug-likeness (QED) is 0.740. The molecule has 15 heavy (non-hydrogen) atoms. The first-order valence-corrected chi connectivity index (χ1v) is 5.31. The second-order valence-electron chi connectivity index (χ2n) is 3.74. The van der Waals surface area contributed by atoms with Crippen LogP contribution in [-0.4, -0.2) is 12.9 Å². The number of carbonyl (C=O) groups excluding carboxylic acids is 1. The predicted octanol–water partition coefficient (Wildman–Crippen LogP) is 3.05. The van der Waals surface area contributed by atoms with Crippen LogP contribution in [0.2, 0.25) is 0 Å². The van der Waals surface area contributed by atoms with Crippen molar-refractivity contribution in [3.8, 4) is 0 Å². The molecule has 0 aliphatic heterocycles. The van der Waals surface area contributed by atoms with Gasteiger partial charge in [0.1, 0.15) is 6.10 Å². The third kappa shape index (κ3) is 3.17. The molecule has 0 spiro atoms. The normalized spacial score (nSPS) is 12.5. The molecule has 0 bridgehead atoms. The van der Waals surface area contributed by atoms with E-state index in [2.05, 4.69) is 0 Å². The summed E-state index contributed by atoms with van der Waals surface area (Å²) in [6, 6.07) is 7.91. The van der Waals surface area contributed by atoms with Gasteiger partial charge in [-0.05, 0) is 18.9 Å². The number of Topliss-reactive ketones (excluding diaryl/α,β-unsaturated/α-hetero) is 1. The molecule has 2 nitrogen and oxygen atoms in total. The Labute approximate surface area is 91.3 Å². The van der Waals surface area contributed by atoms with Crippen LogP contribution in [0.5, 0.6) is 0 Å². The maximum atomic E-state index is 11.7. The maximum absolute atomic E-state index is 11.7. The van der Waals surface area contributed by atoms with Crippen LogP contribution in [0.1, 0.15) is 37.0 Å². The van der Waals surface area contributed by atoms with Gasteiger partial charge in [0.15, 0.2) is 5.78 Å². The number of benzene rings is 1. The first-order chi connectivity index (χ1) is 7.19. The van der Waals surface area contributed by atoms with Crippen LogP contribution in [0.25, 0.3) is 0 Å². The van der Waals surface area contributed by atoms with E-state index in [0.717, 1.165) is 12.0 Å². The molecule has 0 saturated heterocycles. The Morgan fingerprint density at radius 2 is 1.93 bits per heavy atom. The number of ketones is 1. The average molecular weight is 206 g/mol. The lowest BCUT2D eigenvalue weighted by atomic mass is 10.0. The molecule has 0 saturated carbocycles. The standard InChI is InChI=1S/C13H18O2/c1-4-5-12(14)13(15-3)11-8-6-10(2)7-9-11/h6-9,13H,4-5H2,1-3H3. The maximum Gasteiger partial charge on any atom is 0.166 e. The molecular weight excluding hydrogens is 188 g/mol. The fourth-order valence-corrected chi connectivity index (χ4v) is 1.57. The van der Waals surface area contributed by atoms with Crippen LogP contribution in [0.15, 0.2) is 24.3 Å². The van der Waals surface area contributed by atoms with Crippen LogP contribution in [0.4, 0.5) is 0 Å². The van der Waals surface area contributed by atoms with Crippen molar-refractivity contribution in [2.24, 2.45) is 0 Å². The van der Waals surface area contributed by atoms with Crippen molar-refractivity contribution in [3.05, 3.63) is 35.4 Å². The minimum absolute atomic E-state index is 0.156. The van der Waals surface area contributed by atoms with Gasteiger partial charge in [-0.2, -0.15) is 0 Å². The molecule has 0 heterocycles. The lowest BCUT2D eigenvalue weighted by Crippen LogP contribution is -2.14. The van der Waals surface area contributed by atoms with E-state index in [0.29, 0.717) is 6.42 Å². The molecular formula is C13H18O2. The van der Waals surface area contributed by atoms with Gasteiger partial charge in [-0.25, -0.2) is 0 Å². The Morgan fingerprint density at radius 1 is 1.33 bits per heavy atom. The molecule has 1 aromatic rings. The third-order valence-electron chi connectivity index (χ3n) is 2.40. The van der Waals surface area contributed by atoms with E-state index in [9.17, 15) is 4.79 Å². The zero-order valence-electron chi connectivity index (χ0n) is 9.62.